The third-order valence-electron chi connectivity index (χ3n) is 2.81. The number of phenols is 1. The molecule has 0 amide bonds. The maximum atomic E-state index is 9.42. The minimum absolute atomic E-state index is 0.386. The lowest BCUT2D eigenvalue weighted by atomic mass is 10.1. The molecule has 2 nitrogen and oxygen atoms in total. The highest BCUT2D eigenvalue weighted by Crippen LogP contribution is 2.18. The number of nitrogens with zero attached hydrogens (tertiary/aromatic N) is 1. The van der Waals surface area contributed by atoms with Crippen LogP contribution in [0.3, 0.4) is 0 Å². The molecule has 0 atom stereocenters. The molecule has 15 heavy (non-hydrogen) atoms. The van der Waals surface area contributed by atoms with Crippen molar-refractivity contribution in [3.05, 3.63) is 41.5 Å². The molecular formula is C13H17NO. The zero-order valence-electron chi connectivity index (χ0n) is 9.11. The molecule has 2 heteroatoms. The minimum Gasteiger partial charge on any atom is -0.508 e. The molecule has 1 aliphatic rings. The third-order valence-corrected chi connectivity index (χ3v) is 2.81. The largest absolute Gasteiger partial charge is 0.508 e. The summed E-state index contributed by atoms with van der Waals surface area (Å²) in [4.78, 5) is 2.41. The summed E-state index contributed by atoms with van der Waals surface area (Å²) in [5, 5.41) is 9.42. The molecule has 1 heterocycles. The van der Waals surface area contributed by atoms with Crippen LogP contribution in [0.25, 0.3) is 0 Å². The molecule has 0 aliphatic carbocycles. The molecule has 0 aromatic heterocycles. The van der Waals surface area contributed by atoms with Gasteiger partial charge in [-0.2, -0.15) is 0 Å². The first-order chi connectivity index (χ1) is 7.25. The van der Waals surface area contributed by atoms with Gasteiger partial charge in [0.05, 0.1) is 0 Å². The summed E-state index contributed by atoms with van der Waals surface area (Å²) in [5.41, 5.74) is 2.24. The first kappa shape index (κ1) is 10.2. The van der Waals surface area contributed by atoms with E-state index in [2.05, 4.69) is 23.1 Å². The molecule has 0 fully saturated rings. The Labute approximate surface area is 90.8 Å². The summed E-state index contributed by atoms with van der Waals surface area (Å²) in [7, 11) is 0. The van der Waals surface area contributed by atoms with Gasteiger partial charge in [-0.05, 0) is 30.5 Å². The van der Waals surface area contributed by atoms with Gasteiger partial charge in [-0.15, -0.1) is 0 Å². The minimum atomic E-state index is 0.386. The van der Waals surface area contributed by atoms with E-state index in [0.717, 1.165) is 31.6 Å². The van der Waals surface area contributed by atoms with Crippen LogP contribution in [0.2, 0.25) is 0 Å². The van der Waals surface area contributed by atoms with Crippen LogP contribution in [-0.4, -0.2) is 23.1 Å². The summed E-state index contributed by atoms with van der Waals surface area (Å²) in [6.07, 6.45) is 5.60. The lowest BCUT2D eigenvalue weighted by Crippen LogP contribution is -2.26. The van der Waals surface area contributed by atoms with Crippen LogP contribution in [0.4, 0.5) is 0 Å². The lowest BCUT2D eigenvalue weighted by molar-refractivity contribution is 0.290. The lowest BCUT2D eigenvalue weighted by Gasteiger charge is -2.23. The molecular weight excluding hydrogens is 186 g/mol. The highest BCUT2D eigenvalue weighted by molar-refractivity contribution is 5.34. The number of aryl methyl sites for hydroxylation is 1. The van der Waals surface area contributed by atoms with E-state index in [1.54, 1.807) is 6.07 Å². The molecule has 1 aliphatic heterocycles. The van der Waals surface area contributed by atoms with Crippen LogP contribution in [0.1, 0.15) is 17.5 Å². The highest BCUT2D eigenvalue weighted by Gasteiger charge is 2.07. The van der Waals surface area contributed by atoms with E-state index in [9.17, 15) is 5.11 Å². The molecule has 1 aromatic carbocycles. The number of hydrogen-bond acceptors (Lipinski definition) is 2. The summed E-state index contributed by atoms with van der Waals surface area (Å²) >= 11 is 0. The summed E-state index contributed by atoms with van der Waals surface area (Å²) in [6.45, 7) is 5.09. The van der Waals surface area contributed by atoms with Crippen LogP contribution >= 0.6 is 0 Å². The fourth-order valence-corrected chi connectivity index (χ4v) is 1.91. The van der Waals surface area contributed by atoms with Crippen molar-refractivity contribution in [3.63, 3.8) is 0 Å². The molecule has 80 valence electrons. The van der Waals surface area contributed by atoms with E-state index in [1.165, 1.54) is 5.56 Å². The van der Waals surface area contributed by atoms with E-state index in [4.69, 9.17) is 0 Å². The fraction of sp³-hybridized carbons (Fsp3) is 0.385. The van der Waals surface area contributed by atoms with Crippen molar-refractivity contribution in [2.75, 3.05) is 13.1 Å². The number of benzene rings is 1. The van der Waals surface area contributed by atoms with Gasteiger partial charge in [0.25, 0.3) is 0 Å². The Morgan fingerprint density at radius 3 is 2.87 bits per heavy atom. The van der Waals surface area contributed by atoms with E-state index >= 15 is 0 Å². The number of hydrogen-bond donors (Lipinski definition) is 1. The molecule has 1 aromatic rings. The number of rotatable bonds is 2. The van der Waals surface area contributed by atoms with Gasteiger partial charge < -0.3 is 5.11 Å². The Kier molecular flexibility index (Phi) is 3.07. The van der Waals surface area contributed by atoms with Crippen molar-refractivity contribution in [1.29, 1.82) is 0 Å². The van der Waals surface area contributed by atoms with E-state index in [0.29, 0.717) is 5.75 Å². The molecule has 0 bridgehead atoms. The summed E-state index contributed by atoms with van der Waals surface area (Å²) in [6, 6.07) is 5.85. The Bertz CT molecular complexity index is 371. The molecule has 0 saturated carbocycles. The topological polar surface area (TPSA) is 23.5 Å². The first-order valence-electron chi connectivity index (χ1n) is 5.41. The second-order valence-corrected chi connectivity index (χ2v) is 4.12. The summed E-state index contributed by atoms with van der Waals surface area (Å²) in [5.74, 6) is 0.386. The van der Waals surface area contributed by atoms with Gasteiger partial charge in [0.2, 0.25) is 0 Å². The van der Waals surface area contributed by atoms with E-state index in [-0.39, 0.29) is 0 Å². The first-order valence-corrected chi connectivity index (χ1v) is 5.41. The molecule has 0 unspecified atom stereocenters. The monoisotopic (exact) mass is 203 g/mol. The number of aromatic hydroxyl groups is 1. The Morgan fingerprint density at radius 2 is 2.20 bits per heavy atom. The van der Waals surface area contributed by atoms with Gasteiger partial charge >= 0.3 is 0 Å². The molecule has 2 rings (SSSR count). The molecule has 1 N–H and O–H groups in total. The van der Waals surface area contributed by atoms with Crippen molar-refractivity contribution in [1.82, 2.24) is 4.90 Å². The average Bonchev–Trinajstić information content (AvgIpc) is 2.25. The second-order valence-electron chi connectivity index (χ2n) is 4.12. The average molecular weight is 203 g/mol. The molecule has 0 spiro atoms. The van der Waals surface area contributed by atoms with Gasteiger partial charge in [-0.25, -0.2) is 0 Å². The Hall–Kier alpha value is -1.28. The van der Waals surface area contributed by atoms with Gasteiger partial charge in [0.1, 0.15) is 5.75 Å². The maximum Gasteiger partial charge on any atom is 0.118 e. The van der Waals surface area contributed by atoms with Crippen LogP contribution in [0.15, 0.2) is 30.4 Å². The van der Waals surface area contributed by atoms with Gasteiger partial charge in [-0.3, -0.25) is 4.90 Å². The second kappa shape index (κ2) is 4.49. The van der Waals surface area contributed by atoms with Crippen molar-refractivity contribution in [2.24, 2.45) is 0 Å². The highest BCUT2D eigenvalue weighted by atomic mass is 16.3. The van der Waals surface area contributed by atoms with Crippen LogP contribution < -0.4 is 0 Å². The zero-order valence-corrected chi connectivity index (χ0v) is 9.11. The predicted molar refractivity (Wildman–Crippen MR) is 61.9 cm³/mol. The van der Waals surface area contributed by atoms with E-state index < -0.39 is 0 Å². The SMILES string of the molecule is Cc1cc(CN2CC=CCC2)ccc1O. The van der Waals surface area contributed by atoms with Crippen LogP contribution in [0.5, 0.6) is 5.75 Å². The summed E-state index contributed by atoms with van der Waals surface area (Å²) < 4.78 is 0. The van der Waals surface area contributed by atoms with Crippen molar-refractivity contribution < 1.29 is 5.11 Å². The molecule has 0 radical (unpaired) electrons. The van der Waals surface area contributed by atoms with Gasteiger partial charge in [0, 0.05) is 19.6 Å². The molecule has 0 saturated heterocycles. The van der Waals surface area contributed by atoms with Crippen molar-refractivity contribution in [3.8, 4) is 5.75 Å². The van der Waals surface area contributed by atoms with Crippen molar-refractivity contribution in [2.45, 2.75) is 19.9 Å². The Morgan fingerprint density at radius 1 is 1.33 bits per heavy atom. The van der Waals surface area contributed by atoms with Crippen LogP contribution in [0, 0.1) is 6.92 Å². The third kappa shape index (κ3) is 2.60. The Balaban J connectivity index is 2.04. The quantitative estimate of drug-likeness (QED) is 0.746. The normalized spacial score (nSPS) is 16.9. The van der Waals surface area contributed by atoms with Gasteiger partial charge in [-0.1, -0.05) is 24.3 Å². The number of phenolic OH excluding ortho intramolecular Hbond substituents is 1. The smallest absolute Gasteiger partial charge is 0.118 e. The zero-order chi connectivity index (χ0) is 10.7. The standard InChI is InChI=1S/C13H17NO/c1-11-9-12(5-6-13(11)15)10-14-7-3-2-4-8-14/h2-3,5-6,9,15H,4,7-8,10H2,1H3. The maximum absolute atomic E-state index is 9.42. The van der Waals surface area contributed by atoms with Crippen molar-refractivity contribution >= 4 is 0 Å². The van der Waals surface area contributed by atoms with E-state index in [1.807, 2.05) is 13.0 Å². The van der Waals surface area contributed by atoms with Gasteiger partial charge in [0.15, 0.2) is 0 Å². The predicted octanol–water partition coefficient (Wildman–Crippen LogP) is 2.46. The fourth-order valence-electron chi connectivity index (χ4n) is 1.91. The van der Waals surface area contributed by atoms with Crippen LogP contribution in [-0.2, 0) is 6.54 Å².